The minimum atomic E-state index is -0.472. The second-order valence-corrected chi connectivity index (χ2v) is 6.53. The first kappa shape index (κ1) is 19.6. The number of furan rings is 1. The second kappa shape index (κ2) is 9.70. The first-order chi connectivity index (χ1) is 13.7. The van der Waals surface area contributed by atoms with Crippen molar-refractivity contribution in [3.8, 4) is 11.4 Å². The summed E-state index contributed by atoms with van der Waals surface area (Å²) in [5.74, 6) is 0.676. The van der Waals surface area contributed by atoms with E-state index in [0.717, 1.165) is 11.3 Å². The van der Waals surface area contributed by atoms with Gasteiger partial charge in [-0.3, -0.25) is 19.1 Å². The minimum Gasteiger partial charge on any atom is -0.467 e. The van der Waals surface area contributed by atoms with Gasteiger partial charge in [0, 0.05) is 18.0 Å². The van der Waals surface area contributed by atoms with Gasteiger partial charge in [0.1, 0.15) is 12.3 Å². The Labute approximate surface area is 165 Å². The van der Waals surface area contributed by atoms with Crippen LogP contribution >= 0.6 is 11.8 Å². The van der Waals surface area contributed by atoms with Gasteiger partial charge in [-0.1, -0.05) is 11.8 Å². The topological polar surface area (TPSA) is 112 Å². The van der Waals surface area contributed by atoms with Crippen molar-refractivity contribution in [2.75, 3.05) is 18.9 Å². The fourth-order valence-electron chi connectivity index (χ4n) is 2.37. The SMILES string of the molecule is CCOC(=O)CNC(=O)CSc1nnc(-c2cccnc2)n1Cc1ccco1. The molecule has 0 aliphatic heterocycles. The number of thioether (sulfide) groups is 1. The summed E-state index contributed by atoms with van der Waals surface area (Å²) in [6.07, 6.45) is 4.97. The lowest BCUT2D eigenvalue weighted by molar-refractivity contribution is -0.143. The molecule has 9 nitrogen and oxygen atoms in total. The Hall–Kier alpha value is -3.14. The minimum absolute atomic E-state index is 0.0860. The highest BCUT2D eigenvalue weighted by Gasteiger charge is 2.17. The molecular weight excluding hydrogens is 382 g/mol. The Bertz CT molecular complexity index is 911. The number of nitrogens with one attached hydrogen (secondary N) is 1. The van der Waals surface area contributed by atoms with Crippen LogP contribution in [0, 0.1) is 0 Å². The van der Waals surface area contributed by atoms with Gasteiger partial charge in [-0.2, -0.15) is 0 Å². The van der Waals surface area contributed by atoms with Crippen LogP contribution < -0.4 is 5.32 Å². The highest BCUT2D eigenvalue weighted by Crippen LogP contribution is 2.24. The van der Waals surface area contributed by atoms with Crippen molar-refractivity contribution in [3.05, 3.63) is 48.7 Å². The van der Waals surface area contributed by atoms with Crippen molar-refractivity contribution in [2.45, 2.75) is 18.6 Å². The summed E-state index contributed by atoms with van der Waals surface area (Å²) < 4.78 is 12.1. The van der Waals surface area contributed by atoms with Gasteiger partial charge in [0.15, 0.2) is 11.0 Å². The molecular formula is C18H19N5O4S. The molecule has 3 rings (SSSR count). The number of hydrogen-bond donors (Lipinski definition) is 1. The van der Waals surface area contributed by atoms with Gasteiger partial charge in [0.05, 0.1) is 25.2 Å². The lowest BCUT2D eigenvalue weighted by atomic mass is 10.2. The van der Waals surface area contributed by atoms with Gasteiger partial charge >= 0.3 is 5.97 Å². The molecule has 0 saturated carbocycles. The summed E-state index contributed by atoms with van der Waals surface area (Å²) in [6, 6.07) is 7.36. The molecule has 0 saturated heterocycles. The van der Waals surface area contributed by atoms with Crippen LogP contribution in [-0.2, 0) is 20.9 Å². The predicted octanol–water partition coefficient (Wildman–Crippen LogP) is 1.75. The molecule has 0 atom stereocenters. The molecule has 28 heavy (non-hydrogen) atoms. The van der Waals surface area contributed by atoms with Crippen molar-refractivity contribution < 1.29 is 18.7 Å². The maximum Gasteiger partial charge on any atom is 0.325 e. The van der Waals surface area contributed by atoms with Crippen LogP contribution in [0.1, 0.15) is 12.7 Å². The smallest absolute Gasteiger partial charge is 0.325 e. The number of nitrogens with zero attached hydrogens (tertiary/aromatic N) is 4. The summed E-state index contributed by atoms with van der Waals surface area (Å²) in [5, 5.41) is 11.5. The summed E-state index contributed by atoms with van der Waals surface area (Å²) in [4.78, 5) is 27.5. The van der Waals surface area contributed by atoms with E-state index in [1.54, 1.807) is 31.6 Å². The highest BCUT2D eigenvalue weighted by atomic mass is 32.2. The number of aromatic nitrogens is 4. The van der Waals surface area contributed by atoms with E-state index in [9.17, 15) is 9.59 Å². The van der Waals surface area contributed by atoms with E-state index in [0.29, 0.717) is 17.5 Å². The van der Waals surface area contributed by atoms with Gasteiger partial charge in [-0.25, -0.2) is 0 Å². The number of esters is 1. The third kappa shape index (κ3) is 5.19. The number of amides is 1. The highest BCUT2D eigenvalue weighted by molar-refractivity contribution is 7.99. The van der Waals surface area contributed by atoms with E-state index in [1.165, 1.54) is 11.8 Å². The summed E-state index contributed by atoms with van der Waals surface area (Å²) in [6.45, 7) is 2.24. The zero-order valence-electron chi connectivity index (χ0n) is 15.2. The number of ether oxygens (including phenoxy) is 1. The molecule has 3 aromatic heterocycles. The molecule has 1 N–H and O–H groups in total. The fourth-order valence-corrected chi connectivity index (χ4v) is 3.14. The molecule has 3 aromatic rings. The molecule has 0 aromatic carbocycles. The Morgan fingerprint density at radius 1 is 1.29 bits per heavy atom. The molecule has 10 heteroatoms. The molecule has 0 fully saturated rings. The molecule has 0 radical (unpaired) electrons. The van der Waals surface area contributed by atoms with Crippen LogP contribution in [0.2, 0.25) is 0 Å². The lowest BCUT2D eigenvalue weighted by Gasteiger charge is -2.09. The van der Waals surface area contributed by atoms with Crippen molar-refractivity contribution in [1.82, 2.24) is 25.1 Å². The summed E-state index contributed by atoms with van der Waals surface area (Å²) in [5.41, 5.74) is 0.806. The molecule has 0 bridgehead atoms. The average Bonchev–Trinajstić information content (AvgIpc) is 3.36. The van der Waals surface area contributed by atoms with E-state index in [1.807, 2.05) is 22.8 Å². The normalized spacial score (nSPS) is 10.6. The second-order valence-electron chi connectivity index (χ2n) is 5.58. The van der Waals surface area contributed by atoms with Crippen LogP contribution in [0.3, 0.4) is 0 Å². The maximum atomic E-state index is 12.0. The lowest BCUT2D eigenvalue weighted by Crippen LogP contribution is -2.31. The molecule has 146 valence electrons. The van der Waals surface area contributed by atoms with Crippen molar-refractivity contribution in [2.24, 2.45) is 0 Å². The van der Waals surface area contributed by atoms with E-state index in [2.05, 4.69) is 20.5 Å². The molecule has 0 aliphatic rings. The average molecular weight is 401 g/mol. The number of hydrogen-bond acceptors (Lipinski definition) is 8. The van der Waals surface area contributed by atoms with Crippen LogP contribution in [0.25, 0.3) is 11.4 Å². The van der Waals surface area contributed by atoms with Gasteiger partial charge in [-0.05, 0) is 31.2 Å². The van der Waals surface area contributed by atoms with Gasteiger partial charge in [-0.15, -0.1) is 10.2 Å². The van der Waals surface area contributed by atoms with Crippen molar-refractivity contribution >= 4 is 23.6 Å². The maximum absolute atomic E-state index is 12.0. The molecule has 0 aliphatic carbocycles. The predicted molar refractivity (Wildman–Crippen MR) is 101 cm³/mol. The van der Waals surface area contributed by atoms with E-state index >= 15 is 0 Å². The van der Waals surface area contributed by atoms with Gasteiger partial charge < -0.3 is 14.5 Å². The van der Waals surface area contributed by atoms with Gasteiger partial charge in [0.2, 0.25) is 5.91 Å². The van der Waals surface area contributed by atoms with E-state index in [4.69, 9.17) is 9.15 Å². The first-order valence-corrected chi connectivity index (χ1v) is 9.57. The summed E-state index contributed by atoms with van der Waals surface area (Å²) in [7, 11) is 0. The van der Waals surface area contributed by atoms with Crippen molar-refractivity contribution in [1.29, 1.82) is 0 Å². The zero-order valence-corrected chi connectivity index (χ0v) is 16.0. The van der Waals surface area contributed by atoms with Crippen molar-refractivity contribution in [3.63, 3.8) is 0 Å². The monoisotopic (exact) mass is 401 g/mol. The third-order valence-electron chi connectivity index (χ3n) is 3.60. The van der Waals surface area contributed by atoms with E-state index in [-0.39, 0.29) is 24.8 Å². The molecule has 0 unspecified atom stereocenters. The molecule has 3 heterocycles. The third-order valence-corrected chi connectivity index (χ3v) is 4.56. The Morgan fingerprint density at radius 2 is 2.18 bits per heavy atom. The largest absolute Gasteiger partial charge is 0.467 e. The first-order valence-electron chi connectivity index (χ1n) is 8.58. The molecule has 1 amide bonds. The van der Waals surface area contributed by atoms with E-state index < -0.39 is 5.97 Å². The van der Waals surface area contributed by atoms with Crippen LogP contribution in [0.15, 0.2) is 52.5 Å². The number of rotatable bonds is 9. The van der Waals surface area contributed by atoms with Crippen LogP contribution in [0.5, 0.6) is 0 Å². The zero-order chi connectivity index (χ0) is 19.8. The van der Waals surface area contributed by atoms with Gasteiger partial charge in [0.25, 0.3) is 0 Å². The summed E-state index contributed by atoms with van der Waals surface area (Å²) >= 11 is 1.22. The fraction of sp³-hybridized carbons (Fsp3) is 0.278. The Kier molecular flexibility index (Phi) is 6.79. The van der Waals surface area contributed by atoms with Crippen LogP contribution in [0.4, 0.5) is 0 Å². The Balaban J connectivity index is 1.71. The Morgan fingerprint density at radius 3 is 2.89 bits per heavy atom. The number of pyridine rings is 1. The van der Waals surface area contributed by atoms with Crippen LogP contribution in [-0.4, -0.2) is 50.5 Å². The number of carbonyl (C=O) groups excluding carboxylic acids is 2. The quantitative estimate of drug-likeness (QED) is 0.426. The standard InChI is InChI=1S/C18H19N5O4S/c1-2-26-16(25)10-20-15(24)12-28-18-22-21-17(13-5-3-7-19-9-13)23(18)11-14-6-4-8-27-14/h3-9H,2,10-12H2,1H3,(H,20,24). The molecule has 0 spiro atoms. The number of carbonyl (C=O) groups is 2.